The van der Waals surface area contributed by atoms with E-state index in [-0.39, 0.29) is 17.6 Å². The first-order valence-electron chi connectivity index (χ1n) is 7.56. The van der Waals surface area contributed by atoms with Crippen molar-refractivity contribution in [1.82, 2.24) is 0 Å². The number of hydrogen-bond acceptors (Lipinski definition) is 3. The van der Waals surface area contributed by atoms with Crippen LogP contribution in [0.5, 0.6) is 0 Å². The molecule has 0 spiro atoms. The topological polar surface area (TPSA) is 58.2 Å². The third-order valence-corrected chi connectivity index (χ3v) is 4.53. The van der Waals surface area contributed by atoms with Gasteiger partial charge in [-0.15, -0.1) is 11.3 Å². The molecule has 25 heavy (non-hydrogen) atoms. The van der Waals surface area contributed by atoms with Crippen LogP contribution in [0.25, 0.3) is 10.4 Å². The van der Waals surface area contributed by atoms with Gasteiger partial charge in [0.15, 0.2) is 0 Å². The van der Waals surface area contributed by atoms with Crippen LogP contribution in [0.3, 0.4) is 0 Å². The van der Waals surface area contributed by atoms with Crippen LogP contribution >= 0.6 is 11.3 Å². The Morgan fingerprint density at radius 3 is 2.36 bits per heavy atom. The number of rotatable bonds is 4. The molecular weight excluding hydrogens is 339 g/mol. The van der Waals surface area contributed by atoms with Gasteiger partial charge in [-0.25, -0.2) is 4.39 Å². The van der Waals surface area contributed by atoms with Gasteiger partial charge >= 0.3 is 0 Å². The number of anilines is 2. The Morgan fingerprint density at radius 1 is 0.920 bits per heavy atom. The van der Waals surface area contributed by atoms with Crippen molar-refractivity contribution in [2.45, 2.75) is 6.92 Å². The molecule has 0 unspecified atom stereocenters. The number of nitrogens with one attached hydrogen (secondary N) is 2. The van der Waals surface area contributed by atoms with Crippen molar-refractivity contribution in [3.8, 4) is 10.4 Å². The number of carbonyl (C=O) groups is 2. The van der Waals surface area contributed by atoms with Crippen molar-refractivity contribution in [2.75, 3.05) is 10.6 Å². The quantitative estimate of drug-likeness (QED) is 0.709. The molecule has 0 radical (unpaired) electrons. The average Bonchev–Trinajstić information content (AvgIpc) is 3.05. The van der Waals surface area contributed by atoms with Crippen molar-refractivity contribution in [3.05, 3.63) is 71.4 Å². The minimum atomic E-state index is -0.320. The zero-order valence-electron chi connectivity index (χ0n) is 13.4. The molecule has 3 aromatic rings. The van der Waals surface area contributed by atoms with E-state index < -0.39 is 0 Å². The summed E-state index contributed by atoms with van der Waals surface area (Å²) in [5, 5.41) is 5.44. The summed E-state index contributed by atoms with van der Waals surface area (Å²) in [4.78, 5) is 24.7. The third-order valence-electron chi connectivity index (χ3n) is 3.41. The minimum absolute atomic E-state index is 0.184. The van der Waals surface area contributed by atoms with Crippen LogP contribution in [0.4, 0.5) is 15.8 Å². The lowest BCUT2D eigenvalue weighted by Crippen LogP contribution is -2.11. The molecule has 0 fully saturated rings. The van der Waals surface area contributed by atoms with Crippen LogP contribution in [0.2, 0.25) is 0 Å². The summed E-state index contributed by atoms with van der Waals surface area (Å²) < 4.78 is 13.9. The smallest absolute Gasteiger partial charge is 0.265 e. The van der Waals surface area contributed by atoms with Crippen LogP contribution in [-0.2, 0) is 4.79 Å². The zero-order chi connectivity index (χ0) is 17.8. The monoisotopic (exact) mass is 354 g/mol. The lowest BCUT2D eigenvalue weighted by molar-refractivity contribution is -0.114. The van der Waals surface area contributed by atoms with E-state index >= 15 is 0 Å². The van der Waals surface area contributed by atoms with E-state index in [1.807, 2.05) is 0 Å². The normalized spacial score (nSPS) is 10.3. The van der Waals surface area contributed by atoms with Crippen LogP contribution in [0, 0.1) is 5.82 Å². The third kappa shape index (κ3) is 4.10. The van der Waals surface area contributed by atoms with Gasteiger partial charge in [0.05, 0.1) is 4.88 Å². The van der Waals surface area contributed by atoms with Gasteiger partial charge in [-0.2, -0.15) is 0 Å². The van der Waals surface area contributed by atoms with E-state index in [1.54, 1.807) is 54.6 Å². The molecule has 0 saturated heterocycles. The van der Waals surface area contributed by atoms with Crippen molar-refractivity contribution in [1.29, 1.82) is 0 Å². The largest absolute Gasteiger partial charge is 0.326 e. The molecule has 0 bridgehead atoms. The van der Waals surface area contributed by atoms with Crippen molar-refractivity contribution < 1.29 is 14.0 Å². The van der Waals surface area contributed by atoms with Gasteiger partial charge in [0.25, 0.3) is 5.91 Å². The van der Waals surface area contributed by atoms with Crippen LogP contribution in [0.15, 0.2) is 60.7 Å². The number of thiophene rings is 1. The molecule has 1 aromatic heterocycles. The lowest BCUT2D eigenvalue weighted by atomic mass is 10.2. The minimum Gasteiger partial charge on any atom is -0.326 e. The number of hydrogen-bond donors (Lipinski definition) is 2. The summed E-state index contributed by atoms with van der Waals surface area (Å²) in [5.74, 6) is -0.789. The molecule has 0 atom stereocenters. The van der Waals surface area contributed by atoms with Gasteiger partial charge in [-0.05, 0) is 36.4 Å². The molecule has 126 valence electrons. The predicted octanol–water partition coefficient (Wildman–Crippen LogP) is 4.76. The van der Waals surface area contributed by atoms with Gasteiger partial charge in [0.1, 0.15) is 5.82 Å². The van der Waals surface area contributed by atoms with Crippen molar-refractivity contribution in [2.24, 2.45) is 0 Å². The molecule has 0 aliphatic rings. The Balaban J connectivity index is 1.76. The van der Waals surface area contributed by atoms with Crippen LogP contribution < -0.4 is 10.6 Å². The average molecular weight is 354 g/mol. The van der Waals surface area contributed by atoms with Crippen LogP contribution in [0.1, 0.15) is 16.6 Å². The van der Waals surface area contributed by atoms with E-state index in [2.05, 4.69) is 10.6 Å². The zero-order valence-corrected chi connectivity index (χ0v) is 14.2. The summed E-state index contributed by atoms with van der Waals surface area (Å²) in [5.41, 5.74) is 1.64. The molecule has 2 amide bonds. The number of benzene rings is 2. The highest BCUT2D eigenvalue weighted by Gasteiger charge is 2.13. The second kappa shape index (κ2) is 7.27. The van der Waals surface area contributed by atoms with Gasteiger partial charge in [-0.3, -0.25) is 9.59 Å². The first-order chi connectivity index (χ1) is 12.0. The maximum Gasteiger partial charge on any atom is 0.265 e. The number of halogens is 1. The highest BCUT2D eigenvalue weighted by Crippen LogP contribution is 2.30. The number of carbonyl (C=O) groups excluding carboxylic acids is 2. The van der Waals surface area contributed by atoms with E-state index in [1.165, 1.54) is 24.3 Å². The second-order valence-corrected chi connectivity index (χ2v) is 6.44. The maximum atomic E-state index is 13.9. The van der Waals surface area contributed by atoms with Crippen molar-refractivity contribution >= 4 is 34.5 Å². The molecule has 0 aliphatic heterocycles. The molecule has 0 saturated carbocycles. The van der Waals surface area contributed by atoms with E-state index in [4.69, 9.17) is 0 Å². The fourth-order valence-corrected chi connectivity index (χ4v) is 3.26. The Labute approximate surface area is 148 Å². The maximum absolute atomic E-state index is 13.9. The molecule has 4 nitrogen and oxygen atoms in total. The summed E-state index contributed by atoms with van der Waals surface area (Å²) >= 11 is 1.22. The fourth-order valence-electron chi connectivity index (χ4n) is 2.34. The molecule has 3 rings (SSSR count). The number of amides is 2. The van der Waals surface area contributed by atoms with E-state index in [0.717, 1.165) is 0 Å². The second-order valence-electron chi connectivity index (χ2n) is 5.36. The standard InChI is InChI=1S/C19H15FN2O2S/c1-12(23)21-13-5-4-6-14(11-13)22-19(24)18-10-9-17(25-18)15-7-2-3-8-16(15)20/h2-11H,1H3,(H,21,23)(H,22,24). The van der Waals surface area contributed by atoms with E-state index in [9.17, 15) is 14.0 Å². The van der Waals surface area contributed by atoms with Gasteiger partial charge in [0, 0.05) is 28.7 Å². The molecular formula is C19H15FN2O2S. The first-order valence-corrected chi connectivity index (χ1v) is 8.38. The summed E-state index contributed by atoms with van der Waals surface area (Å²) in [7, 11) is 0. The Morgan fingerprint density at radius 2 is 1.64 bits per heavy atom. The van der Waals surface area contributed by atoms with Crippen LogP contribution in [-0.4, -0.2) is 11.8 Å². The summed E-state index contributed by atoms with van der Waals surface area (Å²) in [6.45, 7) is 1.42. The fraction of sp³-hybridized carbons (Fsp3) is 0.0526. The highest BCUT2D eigenvalue weighted by atomic mass is 32.1. The summed E-state index contributed by atoms with van der Waals surface area (Å²) in [6, 6.07) is 16.7. The summed E-state index contributed by atoms with van der Waals surface area (Å²) in [6.07, 6.45) is 0. The Kier molecular flexibility index (Phi) is 4.90. The lowest BCUT2D eigenvalue weighted by Gasteiger charge is -2.07. The SMILES string of the molecule is CC(=O)Nc1cccc(NC(=O)c2ccc(-c3ccccc3F)s2)c1. The highest BCUT2D eigenvalue weighted by molar-refractivity contribution is 7.17. The Bertz CT molecular complexity index is 936. The first kappa shape index (κ1) is 16.9. The molecule has 1 heterocycles. The predicted molar refractivity (Wildman–Crippen MR) is 98.4 cm³/mol. The molecule has 2 N–H and O–H groups in total. The van der Waals surface area contributed by atoms with Gasteiger partial charge in [0.2, 0.25) is 5.91 Å². The molecule has 0 aliphatic carbocycles. The van der Waals surface area contributed by atoms with E-state index in [0.29, 0.717) is 26.7 Å². The Hall–Kier alpha value is -2.99. The van der Waals surface area contributed by atoms with Gasteiger partial charge in [-0.1, -0.05) is 24.3 Å². The molecule has 6 heteroatoms. The molecule has 2 aromatic carbocycles. The van der Waals surface area contributed by atoms with Gasteiger partial charge < -0.3 is 10.6 Å². The van der Waals surface area contributed by atoms with Crippen molar-refractivity contribution in [3.63, 3.8) is 0 Å².